The third-order valence-corrected chi connectivity index (χ3v) is 2.84. The van der Waals surface area contributed by atoms with Crippen LogP contribution in [0.15, 0.2) is 18.2 Å². The third-order valence-electron chi connectivity index (χ3n) is 2.84. The van der Waals surface area contributed by atoms with E-state index in [0.29, 0.717) is 12.0 Å². The van der Waals surface area contributed by atoms with Crippen LogP contribution in [0.1, 0.15) is 28.8 Å². The molecule has 0 radical (unpaired) electrons. The van der Waals surface area contributed by atoms with Crippen LogP contribution in [0.25, 0.3) is 0 Å². The molecule has 3 amide bonds. The maximum Gasteiger partial charge on any atom is 0.248 e. The Balaban J connectivity index is 0.00000180. The number of hydrogen-bond acceptors (Lipinski definition) is 3. The van der Waals surface area contributed by atoms with Gasteiger partial charge in [-0.1, -0.05) is 12.5 Å². The average molecular weight is 429 g/mol. The van der Waals surface area contributed by atoms with Crippen LogP contribution in [0.3, 0.4) is 0 Å². The molecule has 1 heterocycles. The molecule has 6 heteroatoms. The first-order valence-corrected chi connectivity index (χ1v) is 5.70. The van der Waals surface area contributed by atoms with Gasteiger partial charge in [0.2, 0.25) is 11.8 Å². The predicted molar refractivity (Wildman–Crippen MR) is 63.7 cm³/mol. The first kappa shape index (κ1) is 15.6. The number of carbonyl (C=O) groups is 3. The number of imide groups is 1. The maximum absolute atomic E-state index is 12.0. The quantitative estimate of drug-likeness (QED) is 0.526. The molecule has 1 saturated heterocycles. The molecule has 2 rings (SSSR count). The molecule has 0 spiro atoms. The van der Waals surface area contributed by atoms with Crippen molar-refractivity contribution in [3.05, 3.63) is 35.4 Å². The number of rotatable bonds is 2. The molecule has 100 valence electrons. The van der Waals surface area contributed by atoms with Crippen LogP contribution in [-0.4, -0.2) is 23.8 Å². The minimum Gasteiger partial charge on any atom is -0.381 e. The average Bonchev–Trinajstić information content (AvgIpc) is 2.33. The fourth-order valence-corrected chi connectivity index (χ4v) is 1.83. The summed E-state index contributed by atoms with van der Waals surface area (Å²) in [6, 6.07) is 7.43. The Hall–Kier alpha value is -1.48. The van der Waals surface area contributed by atoms with Crippen LogP contribution in [-0.2, 0) is 30.7 Å². The van der Waals surface area contributed by atoms with Gasteiger partial charge in [-0.05, 0) is 6.42 Å². The standard InChI is InChI=1S/C13H13N2O3.W/c1-8-4-2-3-5-9(8)12(17)14-10-6-7-11(16)15-13(10)18;/h2-4,10H,6-7H2,1H3,(H,14,17)(H,15,16,18);/q-1;. The Labute approximate surface area is 125 Å². The summed E-state index contributed by atoms with van der Waals surface area (Å²) in [4.78, 5) is 34.4. The molecule has 1 fully saturated rings. The monoisotopic (exact) mass is 429 g/mol. The molecule has 0 bridgehead atoms. The Morgan fingerprint density at radius 3 is 2.84 bits per heavy atom. The Bertz CT molecular complexity index is 516. The molecule has 1 unspecified atom stereocenters. The summed E-state index contributed by atoms with van der Waals surface area (Å²) in [6.07, 6.45) is 0.580. The number of benzene rings is 1. The van der Waals surface area contributed by atoms with Crippen LogP contribution in [0.2, 0.25) is 0 Å². The molecule has 1 aromatic rings. The molecule has 1 aromatic carbocycles. The van der Waals surface area contributed by atoms with Gasteiger partial charge in [-0.15, -0.1) is 29.8 Å². The van der Waals surface area contributed by atoms with E-state index >= 15 is 0 Å². The van der Waals surface area contributed by atoms with Gasteiger partial charge in [-0.3, -0.25) is 14.9 Å². The SMILES string of the molecule is Cc1ccc[c-]c1C(=O)NC1CCC(=O)NC1=O.[W]. The minimum absolute atomic E-state index is 0. The van der Waals surface area contributed by atoms with E-state index in [1.807, 2.05) is 0 Å². The summed E-state index contributed by atoms with van der Waals surface area (Å²) in [5, 5.41) is 4.81. The second-order valence-corrected chi connectivity index (χ2v) is 4.21. The Kier molecular flexibility index (Phi) is 5.42. The van der Waals surface area contributed by atoms with Crippen LogP contribution in [0, 0.1) is 13.0 Å². The first-order chi connectivity index (χ1) is 8.58. The van der Waals surface area contributed by atoms with Crippen LogP contribution in [0.5, 0.6) is 0 Å². The summed E-state index contributed by atoms with van der Waals surface area (Å²) in [5.74, 6) is -1.09. The van der Waals surface area contributed by atoms with Crippen molar-refractivity contribution in [2.45, 2.75) is 25.8 Å². The second-order valence-electron chi connectivity index (χ2n) is 4.21. The normalized spacial score (nSPS) is 18.3. The van der Waals surface area contributed by atoms with Crippen molar-refractivity contribution in [2.24, 2.45) is 0 Å². The molecule has 1 aliphatic heterocycles. The predicted octanol–water partition coefficient (Wildman–Crippen LogP) is 0.328. The molecule has 1 aliphatic rings. The van der Waals surface area contributed by atoms with E-state index in [2.05, 4.69) is 16.7 Å². The summed E-state index contributed by atoms with van der Waals surface area (Å²) in [7, 11) is 0. The Morgan fingerprint density at radius 1 is 1.47 bits per heavy atom. The topological polar surface area (TPSA) is 75.3 Å². The summed E-state index contributed by atoms with van der Waals surface area (Å²) >= 11 is 0. The number of nitrogens with one attached hydrogen (secondary N) is 2. The second kappa shape index (κ2) is 6.62. The molecule has 2 N–H and O–H groups in total. The first-order valence-electron chi connectivity index (χ1n) is 5.70. The van der Waals surface area contributed by atoms with Gasteiger partial charge in [-0.25, -0.2) is 0 Å². The van der Waals surface area contributed by atoms with E-state index in [1.165, 1.54) is 0 Å². The molecule has 5 nitrogen and oxygen atoms in total. The van der Waals surface area contributed by atoms with Crippen LogP contribution >= 0.6 is 0 Å². The van der Waals surface area contributed by atoms with Crippen molar-refractivity contribution in [2.75, 3.05) is 0 Å². The molecular weight excluding hydrogens is 416 g/mol. The molecule has 0 aliphatic carbocycles. The van der Waals surface area contributed by atoms with Gasteiger partial charge in [0.15, 0.2) is 5.91 Å². The summed E-state index contributed by atoms with van der Waals surface area (Å²) in [5.41, 5.74) is 1.21. The van der Waals surface area contributed by atoms with Gasteiger partial charge in [0.25, 0.3) is 0 Å². The minimum atomic E-state index is -0.650. The van der Waals surface area contributed by atoms with Crippen molar-refractivity contribution in [3.63, 3.8) is 0 Å². The van der Waals surface area contributed by atoms with Crippen LogP contribution < -0.4 is 10.6 Å². The number of amides is 3. The number of piperidine rings is 1. The zero-order chi connectivity index (χ0) is 13.1. The van der Waals surface area contributed by atoms with Gasteiger partial charge in [0.05, 0.1) is 0 Å². The van der Waals surface area contributed by atoms with E-state index in [4.69, 9.17) is 0 Å². The third kappa shape index (κ3) is 3.74. The molecule has 0 saturated carbocycles. The largest absolute Gasteiger partial charge is 0.381 e. The van der Waals surface area contributed by atoms with Crippen molar-refractivity contribution < 1.29 is 35.4 Å². The maximum atomic E-state index is 12.0. The van der Waals surface area contributed by atoms with Crippen LogP contribution in [0.4, 0.5) is 0 Å². The Morgan fingerprint density at radius 2 is 2.21 bits per heavy atom. The fourth-order valence-electron chi connectivity index (χ4n) is 1.83. The van der Waals surface area contributed by atoms with Gasteiger partial charge >= 0.3 is 0 Å². The van der Waals surface area contributed by atoms with E-state index in [9.17, 15) is 14.4 Å². The van der Waals surface area contributed by atoms with E-state index < -0.39 is 11.9 Å². The fraction of sp³-hybridized carbons (Fsp3) is 0.308. The van der Waals surface area contributed by atoms with E-state index in [1.54, 1.807) is 25.1 Å². The smallest absolute Gasteiger partial charge is 0.248 e. The molecular formula is C13H13N2O3W-. The van der Waals surface area contributed by atoms with Gasteiger partial charge in [0, 0.05) is 27.5 Å². The van der Waals surface area contributed by atoms with Crippen molar-refractivity contribution in [1.82, 2.24) is 10.6 Å². The zero-order valence-corrected chi connectivity index (χ0v) is 13.3. The van der Waals surface area contributed by atoms with Gasteiger partial charge in [-0.2, -0.15) is 0 Å². The van der Waals surface area contributed by atoms with Crippen molar-refractivity contribution in [1.29, 1.82) is 0 Å². The van der Waals surface area contributed by atoms with Gasteiger partial charge in [0.1, 0.15) is 6.04 Å². The number of aryl methyl sites for hydroxylation is 1. The van der Waals surface area contributed by atoms with E-state index in [0.717, 1.165) is 5.56 Å². The zero-order valence-electron chi connectivity index (χ0n) is 10.4. The molecule has 1 atom stereocenters. The molecule has 0 aromatic heterocycles. The van der Waals surface area contributed by atoms with Gasteiger partial charge < -0.3 is 10.1 Å². The number of carbonyl (C=O) groups excluding carboxylic acids is 3. The summed E-state index contributed by atoms with van der Waals surface area (Å²) in [6.45, 7) is 1.80. The summed E-state index contributed by atoms with van der Waals surface area (Å²) < 4.78 is 0. The van der Waals surface area contributed by atoms with Crippen molar-refractivity contribution >= 4 is 17.7 Å². The van der Waals surface area contributed by atoms with Crippen molar-refractivity contribution in [3.8, 4) is 0 Å². The van der Waals surface area contributed by atoms with E-state index in [-0.39, 0.29) is 39.3 Å². The number of hydrogen-bond donors (Lipinski definition) is 2. The molecule has 19 heavy (non-hydrogen) atoms.